The Labute approximate surface area is 178 Å². The first-order chi connectivity index (χ1) is 15.0. The van der Waals surface area contributed by atoms with Crippen LogP contribution in [0.25, 0.3) is 0 Å². The zero-order valence-electron chi connectivity index (χ0n) is 16.5. The molecule has 0 aromatic heterocycles. The van der Waals surface area contributed by atoms with E-state index in [9.17, 15) is 19.1 Å². The van der Waals surface area contributed by atoms with Gasteiger partial charge in [-0.05, 0) is 60.5 Å². The molecule has 0 fully saturated rings. The summed E-state index contributed by atoms with van der Waals surface area (Å²) in [6, 6.07) is 16.7. The molecule has 3 rings (SSSR count). The lowest BCUT2D eigenvalue weighted by Gasteiger charge is -2.07. The Morgan fingerprint density at radius 3 is 2.48 bits per heavy atom. The highest BCUT2D eigenvalue weighted by atomic mass is 19.1. The van der Waals surface area contributed by atoms with Crippen LogP contribution in [0.15, 0.2) is 84.5 Å². The van der Waals surface area contributed by atoms with Crippen molar-refractivity contribution in [2.75, 3.05) is 5.32 Å². The maximum Gasteiger partial charge on any atom is 0.271 e. The molecule has 0 aliphatic carbocycles. The summed E-state index contributed by atoms with van der Waals surface area (Å²) in [5.41, 5.74) is 4.52. The lowest BCUT2D eigenvalue weighted by molar-refractivity contribution is 0.0953. The summed E-state index contributed by atoms with van der Waals surface area (Å²) in [6.07, 6.45) is 3.54. The molecule has 0 aliphatic heterocycles. The smallest absolute Gasteiger partial charge is 0.271 e. The van der Waals surface area contributed by atoms with Gasteiger partial charge in [-0.15, -0.1) is 6.58 Å². The highest BCUT2D eigenvalue weighted by molar-refractivity contribution is 6.05. The van der Waals surface area contributed by atoms with Crippen molar-refractivity contribution in [3.8, 4) is 5.75 Å². The Hall–Kier alpha value is -4.26. The van der Waals surface area contributed by atoms with E-state index in [0.717, 1.165) is 0 Å². The van der Waals surface area contributed by atoms with Crippen molar-refractivity contribution in [3.05, 3.63) is 107 Å². The molecule has 3 N–H and O–H groups in total. The number of halogens is 1. The molecule has 0 saturated heterocycles. The molecule has 0 bridgehead atoms. The molecule has 0 aliphatic rings. The van der Waals surface area contributed by atoms with Crippen LogP contribution in [0.5, 0.6) is 5.75 Å². The van der Waals surface area contributed by atoms with Crippen LogP contribution < -0.4 is 10.7 Å². The second-order valence-corrected chi connectivity index (χ2v) is 6.59. The number of hydrogen-bond donors (Lipinski definition) is 3. The lowest BCUT2D eigenvalue weighted by atomic mass is 10.1. The number of carbonyl (C=O) groups is 2. The molecule has 0 unspecified atom stereocenters. The Morgan fingerprint density at radius 1 is 1.00 bits per heavy atom. The summed E-state index contributed by atoms with van der Waals surface area (Å²) in [4.78, 5) is 24.6. The molecule has 31 heavy (non-hydrogen) atoms. The van der Waals surface area contributed by atoms with Crippen molar-refractivity contribution in [1.82, 2.24) is 5.43 Å². The van der Waals surface area contributed by atoms with Gasteiger partial charge in [-0.2, -0.15) is 5.10 Å². The Morgan fingerprint density at radius 2 is 1.74 bits per heavy atom. The lowest BCUT2D eigenvalue weighted by Crippen LogP contribution is -2.18. The standard InChI is InChI=1S/C24H20FN3O3/c1-2-5-16-6-3-8-19(22(16)29)15-26-28-24(31)18-7-4-9-21(14-18)27-23(30)17-10-12-20(25)13-11-17/h2-4,6-15,29H,1,5H2,(H,27,30)(H,28,31)/b26-15+. The molecule has 0 saturated carbocycles. The maximum absolute atomic E-state index is 13.0. The third-order valence-electron chi connectivity index (χ3n) is 4.37. The maximum atomic E-state index is 13.0. The first-order valence-electron chi connectivity index (χ1n) is 9.40. The number of benzene rings is 3. The molecule has 7 heteroatoms. The number of hydrazone groups is 1. The van der Waals surface area contributed by atoms with Crippen LogP contribution in [0.3, 0.4) is 0 Å². The van der Waals surface area contributed by atoms with Gasteiger partial charge in [-0.3, -0.25) is 9.59 Å². The van der Waals surface area contributed by atoms with Gasteiger partial charge < -0.3 is 10.4 Å². The summed E-state index contributed by atoms with van der Waals surface area (Å²) in [5, 5.41) is 16.8. The zero-order chi connectivity index (χ0) is 22.2. The quantitative estimate of drug-likeness (QED) is 0.305. The number of aromatic hydroxyl groups is 1. The molecular weight excluding hydrogens is 397 g/mol. The molecule has 6 nitrogen and oxygen atoms in total. The fourth-order valence-electron chi connectivity index (χ4n) is 2.80. The number of carbonyl (C=O) groups excluding carboxylic acids is 2. The fraction of sp³-hybridized carbons (Fsp3) is 0.0417. The van der Waals surface area contributed by atoms with Crippen molar-refractivity contribution in [2.45, 2.75) is 6.42 Å². The van der Waals surface area contributed by atoms with E-state index in [1.165, 1.54) is 36.5 Å². The number of nitrogens with zero attached hydrogens (tertiary/aromatic N) is 1. The zero-order valence-corrected chi connectivity index (χ0v) is 16.5. The van der Waals surface area contributed by atoms with E-state index in [1.807, 2.05) is 0 Å². The van der Waals surface area contributed by atoms with E-state index >= 15 is 0 Å². The predicted octanol–water partition coefficient (Wildman–Crippen LogP) is 4.28. The SMILES string of the molecule is C=CCc1cccc(/C=N/NC(=O)c2cccc(NC(=O)c3ccc(F)cc3)c2)c1O. The number of allylic oxidation sites excluding steroid dienone is 1. The monoisotopic (exact) mass is 417 g/mol. The summed E-state index contributed by atoms with van der Waals surface area (Å²) in [7, 11) is 0. The van der Waals surface area contributed by atoms with Gasteiger partial charge in [0.05, 0.1) is 6.21 Å². The van der Waals surface area contributed by atoms with E-state index in [2.05, 4.69) is 22.4 Å². The number of phenolic OH excluding ortho intramolecular Hbond substituents is 1. The summed E-state index contributed by atoms with van der Waals surface area (Å²) in [6.45, 7) is 3.65. The van der Waals surface area contributed by atoms with Gasteiger partial charge in [0.15, 0.2) is 0 Å². The minimum atomic E-state index is -0.490. The molecule has 0 atom stereocenters. The van der Waals surface area contributed by atoms with Crippen molar-refractivity contribution < 1.29 is 19.1 Å². The van der Waals surface area contributed by atoms with Crippen LogP contribution in [0.4, 0.5) is 10.1 Å². The van der Waals surface area contributed by atoms with E-state index < -0.39 is 17.6 Å². The summed E-state index contributed by atoms with van der Waals surface area (Å²) >= 11 is 0. The second-order valence-electron chi connectivity index (χ2n) is 6.59. The molecule has 0 heterocycles. The Kier molecular flexibility index (Phi) is 6.90. The minimum absolute atomic E-state index is 0.0749. The number of rotatable bonds is 7. The van der Waals surface area contributed by atoms with Crippen molar-refractivity contribution in [3.63, 3.8) is 0 Å². The number of para-hydroxylation sites is 1. The van der Waals surface area contributed by atoms with Crippen molar-refractivity contribution in [2.24, 2.45) is 5.10 Å². The highest BCUT2D eigenvalue weighted by Crippen LogP contribution is 2.21. The van der Waals surface area contributed by atoms with Crippen LogP contribution in [-0.4, -0.2) is 23.1 Å². The van der Waals surface area contributed by atoms with Crippen LogP contribution in [0, 0.1) is 5.82 Å². The van der Waals surface area contributed by atoms with Crippen LogP contribution >= 0.6 is 0 Å². The summed E-state index contributed by atoms with van der Waals surface area (Å²) < 4.78 is 13.0. The van der Waals surface area contributed by atoms with Gasteiger partial charge in [-0.25, -0.2) is 9.82 Å². The number of hydrogen-bond acceptors (Lipinski definition) is 4. The van der Waals surface area contributed by atoms with E-state index in [0.29, 0.717) is 28.8 Å². The van der Waals surface area contributed by atoms with E-state index in [4.69, 9.17) is 0 Å². The average molecular weight is 417 g/mol. The molecule has 2 amide bonds. The first-order valence-corrected chi connectivity index (χ1v) is 9.40. The highest BCUT2D eigenvalue weighted by Gasteiger charge is 2.10. The fourth-order valence-corrected chi connectivity index (χ4v) is 2.80. The van der Waals surface area contributed by atoms with E-state index in [-0.39, 0.29) is 11.3 Å². The van der Waals surface area contributed by atoms with Crippen LogP contribution in [-0.2, 0) is 6.42 Å². The van der Waals surface area contributed by atoms with E-state index in [1.54, 1.807) is 42.5 Å². The number of nitrogens with one attached hydrogen (secondary N) is 2. The third-order valence-corrected chi connectivity index (χ3v) is 4.37. The van der Waals surface area contributed by atoms with Crippen molar-refractivity contribution in [1.29, 1.82) is 0 Å². The van der Waals surface area contributed by atoms with Gasteiger partial charge in [0.25, 0.3) is 11.8 Å². The van der Waals surface area contributed by atoms with Gasteiger partial charge in [0, 0.05) is 22.4 Å². The number of anilines is 1. The van der Waals surface area contributed by atoms with Crippen LogP contribution in [0.1, 0.15) is 31.8 Å². The Balaban J connectivity index is 1.65. The molecule has 3 aromatic carbocycles. The molecule has 3 aromatic rings. The molecule has 0 radical (unpaired) electrons. The van der Waals surface area contributed by atoms with Crippen LogP contribution in [0.2, 0.25) is 0 Å². The minimum Gasteiger partial charge on any atom is -0.507 e. The van der Waals surface area contributed by atoms with Crippen molar-refractivity contribution >= 4 is 23.7 Å². The molecule has 0 spiro atoms. The molecule has 156 valence electrons. The average Bonchev–Trinajstić information content (AvgIpc) is 2.77. The largest absolute Gasteiger partial charge is 0.507 e. The Bertz CT molecular complexity index is 1140. The third kappa shape index (κ3) is 5.63. The van der Waals surface area contributed by atoms with Gasteiger partial charge in [0.2, 0.25) is 0 Å². The first kappa shape index (κ1) is 21.4. The number of amides is 2. The topological polar surface area (TPSA) is 90.8 Å². The van der Waals surface area contributed by atoms with Gasteiger partial charge in [-0.1, -0.05) is 24.3 Å². The summed E-state index contributed by atoms with van der Waals surface area (Å²) in [5.74, 6) is -1.27. The normalized spacial score (nSPS) is 10.6. The van der Waals surface area contributed by atoms with Gasteiger partial charge >= 0.3 is 0 Å². The molecular formula is C24H20FN3O3. The van der Waals surface area contributed by atoms with Gasteiger partial charge in [0.1, 0.15) is 11.6 Å². The predicted molar refractivity (Wildman–Crippen MR) is 118 cm³/mol. The second kappa shape index (κ2) is 9.98. The number of phenols is 1.